The fourth-order valence-corrected chi connectivity index (χ4v) is 4.32. The second-order valence-electron chi connectivity index (χ2n) is 8.50. The monoisotopic (exact) mass is 421 g/mol. The van der Waals surface area contributed by atoms with Crippen LogP contribution in [0.25, 0.3) is 22.5 Å². The Morgan fingerprint density at radius 1 is 1.00 bits per heavy atom. The summed E-state index contributed by atoms with van der Waals surface area (Å²) in [6.07, 6.45) is 0.539. The van der Waals surface area contributed by atoms with Crippen LogP contribution in [0.3, 0.4) is 0 Å². The Labute approximate surface area is 184 Å². The molecule has 1 amide bonds. The Hall–Kier alpha value is -2.53. The molecule has 0 saturated heterocycles. The number of hydrogen-bond donors (Lipinski definition) is 1. The Bertz CT molecular complexity index is 959. The van der Waals surface area contributed by atoms with Crippen molar-refractivity contribution in [2.45, 2.75) is 45.8 Å². The summed E-state index contributed by atoms with van der Waals surface area (Å²) in [4.78, 5) is 17.1. The van der Waals surface area contributed by atoms with Gasteiger partial charge in [0.1, 0.15) is 0 Å². The average Bonchev–Trinajstić information content (AvgIpc) is 3.09. The van der Waals surface area contributed by atoms with Gasteiger partial charge in [-0.15, -0.1) is 0 Å². The van der Waals surface area contributed by atoms with Crippen molar-refractivity contribution in [1.29, 1.82) is 0 Å². The minimum Gasteiger partial charge on any atom is -0.355 e. The molecule has 0 spiro atoms. The Morgan fingerprint density at radius 3 is 2.17 bits per heavy atom. The van der Waals surface area contributed by atoms with E-state index in [0.29, 0.717) is 13.0 Å². The molecule has 1 aromatic heterocycles. The smallest absolute Gasteiger partial charge is 0.220 e. The lowest BCUT2D eigenvalue weighted by Crippen LogP contribution is -2.29. The highest BCUT2D eigenvalue weighted by Crippen LogP contribution is 2.35. The lowest BCUT2D eigenvalue weighted by molar-refractivity contribution is -0.122. The molecule has 3 rings (SSSR count). The van der Waals surface area contributed by atoms with Gasteiger partial charge in [-0.2, -0.15) is 0 Å². The van der Waals surface area contributed by atoms with Crippen molar-refractivity contribution in [2.75, 3.05) is 12.3 Å². The van der Waals surface area contributed by atoms with Gasteiger partial charge in [-0.1, -0.05) is 93.2 Å². The number of nitrogens with one attached hydrogen (secondary N) is 1. The van der Waals surface area contributed by atoms with E-state index in [4.69, 9.17) is 4.98 Å². The van der Waals surface area contributed by atoms with Gasteiger partial charge in [0, 0.05) is 36.4 Å². The molecule has 0 radical (unpaired) electrons. The van der Waals surface area contributed by atoms with Crippen LogP contribution in [0.4, 0.5) is 0 Å². The first-order chi connectivity index (χ1) is 14.4. The van der Waals surface area contributed by atoms with Crippen LogP contribution >= 0.6 is 11.8 Å². The number of carbonyl (C=O) groups excluding carboxylic acids is 1. The van der Waals surface area contributed by atoms with Gasteiger partial charge in [-0.25, -0.2) is 4.98 Å². The highest BCUT2D eigenvalue weighted by atomic mass is 32.2. The molecular formula is C25H31N3OS. The van der Waals surface area contributed by atoms with E-state index in [0.717, 1.165) is 40.0 Å². The summed E-state index contributed by atoms with van der Waals surface area (Å²) in [7, 11) is 0. The number of amides is 1. The standard InChI is InChI=1S/C25H31N3OS/c1-5-28-23(20-14-10-7-11-15-20)22(19-12-8-6-9-13-19)27-24(28)30-17-16-26-21(29)18-25(2,3)4/h6-15H,5,16-18H2,1-4H3,(H,26,29). The van der Waals surface area contributed by atoms with Crippen molar-refractivity contribution in [3.8, 4) is 22.5 Å². The molecule has 1 heterocycles. The molecule has 30 heavy (non-hydrogen) atoms. The quantitative estimate of drug-likeness (QED) is 0.365. The molecule has 1 N–H and O–H groups in total. The predicted molar refractivity (Wildman–Crippen MR) is 127 cm³/mol. The first-order valence-electron chi connectivity index (χ1n) is 10.5. The fourth-order valence-electron chi connectivity index (χ4n) is 3.40. The third-order valence-corrected chi connectivity index (χ3v) is 5.67. The number of benzene rings is 2. The SMILES string of the molecule is CCn1c(SCCNC(=O)CC(C)(C)C)nc(-c2ccccc2)c1-c1ccccc1. The maximum Gasteiger partial charge on any atom is 0.220 e. The number of rotatable bonds is 8. The predicted octanol–water partition coefficient (Wildman–Crippen LogP) is 5.88. The summed E-state index contributed by atoms with van der Waals surface area (Å²) in [5, 5.41) is 4.02. The number of aromatic nitrogens is 2. The summed E-state index contributed by atoms with van der Waals surface area (Å²) in [5.74, 6) is 0.895. The van der Waals surface area contributed by atoms with Crippen LogP contribution in [0.5, 0.6) is 0 Å². The molecule has 0 aliphatic heterocycles. The van der Waals surface area contributed by atoms with E-state index in [-0.39, 0.29) is 11.3 Å². The normalized spacial score (nSPS) is 11.5. The number of carbonyl (C=O) groups is 1. The first kappa shape index (κ1) is 22.2. The molecule has 0 saturated carbocycles. The van der Waals surface area contributed by atoms with Crippen LogP contribution in [-0.2, 0) is 11.3 Å². The van der Waals surface area contributed by atoms with Gasteiger partial charge in [-0.3, -0.25) is 4.79 Å². The second-order valence-corrected chi connectivity index (χ2v) is 9.57. The van der Waals surface area contributed by atoms with Gasteiger partial charge in [0.05, 0.1) is 11.4 Å². The zero-order valence-corrected chi connectivity index (χ0v) is 19.1. The van der Waals surface area contributed by atoms with E-state index in [2.05, 4.69) is 74.0 Å². The molecule has 3 aromatic rings. The first-order valence-corrected chi connectivity index (χ1v) is 11.5. The zero-order chi connectivity index (χ0) is 21.6. The van der Waals surface area contributed by atoms with E-state index in [1.165, 1.54) is 0 Å². The third kappa shape index (κ3) is 5.76. The van der Waals surface area contributed by atoms with Crippen LogP contribution in [-0.4, -0.2) is 27.8 Å². The van der Waals surface area contributed by atoms with Crippen molar-refractivity contribution < 1.29 is 4.79 Å². The summed E-state index contributed by atoms with van der Waals surface area (Å²) >= 11 is 1.69. The lowest BCUT2D eigenvalue weighted by Gasteiger charge is -2.17. The molecule has 5 heteroatoms. The molecule has 158 valence electrons. The number of imidazole rings is 1. The molecule has 4 nitrogen and oxygen atoms in total. The largest absolute Gasteiger partial charge is 0.355 e. The molecule has 0 aliphatic rings. The van der Waals surface area contributed by atoms with Gasteiger partial charge in [0.2, 0.25) is 5.91 Å². The minimum absolute atomic E-state index is 0.00482. The topological polar surface area (TPSA) is 46.9 Å². The van der Waals surface area contributed by atoms with E-state index in [9.17, 15) is 4.79 Å². The van der Waals surface area contributed by atoms with Crippen LogP contribution < -0.4 is 5.32 Å². The van der Waals surface area contributed by atoms with Crippen molar-refractivity contribution in [3.63, 3.8) is 0 Å². The van der Waals surface area contributed by atoms with Gasteiger partial charge in [-0.05, 0) is 12.3 Å². The molecule has 0 bridgehead atoms. The van der Waals surface area contributed by atoms with E-state index >= 15 is 0 Å². The number of thioether (sulfide) groups is 1. The summed E-state index contributed by atoms with van der Waals surface area (Å²) in [6.45, 7) is 9.86. The Balaban J connectivity index is 1.82. The number of nitrogens with zero attached hydrogens (tertiary/aromatic N) is 2. The van der Waals surface area contributed by atoms with Gasteiger partial charge in [0.15, 0.2) is 5.16 Å². The Morgan fingerprint density at radius 2 is 1.60 bits per heavy atom. The van der Waals surface area contributed by atoms with Crippen LogP contribution in [0, 0.1) is 5.41 Å². The summed E-state index contributed by atoms with van der Waals surface area (Å²) in [5.41, 5.74) is 4.43. The van der Waals surface area contributed by atoms with Crippen molar-refractivity contribution in [3.05, 3.63) is 60.7 Å². The maximum atomic E-state index is 12.1. The van der Waals surface area contributed by atoms with Crippen LogP contribution in [0.1, 0.15) is 34.1 Å². The van der Waals surface area contributed by atoms with Gasteiger partial charge >= 0.3 is 0 Å². The molecule has 0 atom stereocenters. The molecule has 0 aliphatic carbocycles. The molecule has 0 fully saturated rings. The fraction of sp³-hybridized carbons (Fsp3) is 0.360. The van der Waals surface area contributed by atoms with E-state index < -0.39 is 0 Å². The highest BCUT2D eigenvalue weighted by Gasteiger charge is 2.20. The van der Waals surface area contributed by atoms with Crippen LogP contribution in [0.15, 0.2) is 65.8 Å². The summed E-state index contributed by atoms with van der Waals surface area (Å²) < 4.78 is 2.28. The highest BCUT2D eigenvalue weighted by molar-refractivity contribution is 7.99. The van der Waals surface area contributed by atoms with Crippen molar-refractivity contribution in [1.82, 2.24) is 14.9 Å². The van der Waals surface area contributed by atoms with Crippen LogP contribution in [0.2, 0.25) is 0 Å². The number of hydrogen-bond acceptors (Lipinski definition) is 3. The van der Waals surface area contributed by atoms with E-state index in [1.54, 1.807) is 11.8 Å². The lowest BCUT2D eigenvalue weighted by atomic mass is 9.92. The van der Waals surface area contributed by atoms with Crippen molar-refractivity contribution in [2.24, 2.45) is 5.41 Å². The second kappa shape index (κ2) is 9.98. The van der Waals surface area contributed by atoms with Gasteiger partial charge in [0.25, 0.3) is 0 Å². The van der Waals surface area contributed by atoms with Crippen molar-refractivity contribution >= 4 is 17.7 Å². The summed E-state index contributed by atoms with van der Waals surface area (Å²) in [6, 6.07) is 20.8. The average molecular weight is 422 g/mol. The zero-order valence-electron chi connectivity index (χ0n) is 18.3. The Kier molecular flexibility index (Phi) is 7.38. The molecular weight excluding hydrogens is 390 g/mol. The molecule has 2 aromatic carbocycles. The third-order valence-electron chi connectivity index (χ3n) is 4.69. The minimum atomic E-state index is 0.00482. The van der Waals surface area contributed by atoms with E-state index in [1.807, 2.05) is 24.3 Å². The molecule has 0 unspecified atom stereocenters. The maximum absolute atomic E-state index is 12.1. The van der Waals surface area contributed by atoms with Gasteiger partial charge < -0.3 is 9.88 Å².